The highest BCUT2D eigenvalue weighted by atomic mass is 19.1. The third-order valence-corrected chi connectivity index (χ3v) is 4.81. The molecule has 3 rings (SSSR count). The monoisotopic (exact) mass is 264 g/mol. The van der Waals surface area contributed by atoms with E-state index in [1.165, 1.54) is 18.9 Å². The van der Waals surface area contributed by atoms with Crippen molar-refractivity contribution in [2.75, 3.05) is 19.0 Å². The number of rotatable bonds is 3. The highest BCUT2D eigenvalue weighted by molar-refractivity contribution is 5.47. The minimum atomic E-state index is -0.374. The van der Waals surface area contributed by atoms with E-state index < -0.39 is 0 Å². The Morgan fingerprint density at radius 2 is 1.95 bits per heavy atom. The Morgan fingerprint density at radius 3 is 2.53 bits per heavy atom. The summed E-state index contributed by atoms with van der Waals surface area (Å²) in [5.41, 5.74) is 0.126. The predicted octanol–water partition coefficient (Wildman–Crippen LogP) is 2.23. The molecule has 0 radical (unpaired) electrons. The van der Waals surface area contributed by atoms with Crippen LogP contribution in [0, 0.1) is 5.82 Å². The zero-order valence-electron chi connectivity index (χ0n) is 11.3. The van der Waals surface area contributed by atoms with Gasteiger partial charge in [0.2, 0.25) is 0 Å². The molecule has 2 N–H and O–H groups in total. The molecule has 2 saturated heterocycles. The van der Waals surface area contributed by atoms with Gasteiger partial charge in [-0.05, 0) is 44.9 Å². The smallest absolute Gasteiger partial charge is 0.146 e. The summed E-state index contributed by atoms with van der Waals surface area (Å²) in [4.78, 5) is 2.41. The fourth-order valence-electron chi connectivity index (χ4n) is 3.69. The second-order valence-corrected chi connectivity index (χ2v) is 6.00. The zero-order chi connectivity index (χ0) is 13.5. The summed E-state index contributed by atoms with van der Waals surface area (Å²) in [7, 11) is 2.16. The van der Waals surface area contributed by atoms with E-state index in [4.69, 9.17) is 0 Å². The Hall–Kier alpha value is -1.13. The molecule has 2 unspecified atom stereocenters. The number of hydrogen-bond acceptors (Lipinski definition) is 3. The summed E-state index contributed by atoms with van der Waals surface area (Å²) >= 11 is 0. The molecule has 19 heavy (non-hydrogen) atoms. The van der Waals surface area contributed by atoms with Crippen LogP contribution in [-0.2, 0) is 0 Å². The number of para-hydroxylation sites is 1. The summed E-state index contributed by atoms with van der Waals surface area (Å²) in [5.74, 6) is -0.249. The molecule has 1 aromatic rings. The van der Waals surface area contributed by atoms with E-state index in [2.05, 4.69) is 17.3 Å². The standard InChI is InChI=1S/C15H21FN2O/c1-18-11-6-7-12(18)9-15(8-11,10-19)17-14-5-3-2-4-13(14)16/h2-5,11-12,17,19H,6-10H2,1H3. The SMILES string of the molecule is CN1C2CCC1CC(CO)(Nc1ccccc1F)C2. The predicted molar refractivity (Wildman–Crippen MR) is 73.6 cm³/mol. The van der Waals surface area contributed by atoms with Gasteiger partial charge in [-0.15, -0.1) is 0 Å². The topological polar surface area (TPSA) is 35.5 Å². The van der Waals surface area contributed by atoms with Crippen LogP contribution in [0.4, 0.5) is 10.1 Å². The molecule has 2 fully saturated rings. The van der Waals surface area contributed by atoms with Gasteiger partial charge < -0.3 is 15.3 Å². The number of hydrogen-bond donors (Lipinski definition) is 2. The lowest BCUT2D eigenvalue weighted by Crippen LogP contribution is -2.55. The van der Waals surface area contributed by atoms with Crippen molar-refractivity contribution in [2.45, 2.75) is 43.3 Å². The van der Waals surface area contributed by atoms with E-state index in [1.807, 2.05) is 6.07 Å². The third kappa shape index (κ3) is 2.23. The van der Waals surface area contributed by atoms with Crippen LogP contribution in [0.25, 0.3) is 0 Å². The second kappa shape index (κ2) is 4.76. The number of aliphatic hydroxyl groups is 1. The van der Waals surface area contributed by atoms with Gasteiger partial charge in [0.15, 0.2) is 0 Å². The van der Waals surface area contributed by atoms with E-state index in [9.17, 15) is 9.50 Å². The van der Waals surface area contributed by atoms with Gasteiger partial charge in [0.1, 0.15) is 5.82 Å². The highest BCUT2D eigenvalue weighted by Crippen LogP contribution is 2.41. The molecular weight excluding hydrogens is 243 g/mol. The number of fused-ring (bicyclic) bond motifs is 2. The highest BCUT2D eigenvalue weighted by Gasteiger charge is 2.46. The van der Waals surface area contributed by atoms with Gasteiger partial charge in [0, 0.05) is 12.1 Å². The Balaban J connectivity index is 1.83. The molecular formula is C15H21FN2O. The van der Waals surface area contributed by atoms with Crippen LogP contribution in [-0.4, -0.2) is 41.3 Å². The van der Waals surface area contributed by atoms with Gasteiger partial charge in [0.25, 0.3) is 0 Å². The van der Waals surface area contributed by atoms with Crippen LogP contribution in [0.1, 0.15) is 25.7 Å². The number of benzene rings is 1. The molecule has 0 aliphatic carbocycles. The molecule has 2 aliphatic rings. The first-order chi connectivity index (χ1) is 9.13. The molecule has 0 saturated carbocycles. The number of nitrogens with one attached hydrogen (secondary N) is 1. The average Bonchev–Trinajstić information content (AvgIpc) is 2.65. The van der Waals surface area contributed by atoms with Crippen molar-refractivity contribution in [3.8, 4) is 0 Å². The second-order valence-electron chi connectivity index (χ2n) is 6.00. The lowest BCUT2D eigenvalue weighted by atomic mass is 9.83. The van der Waals surface area contributed by atoms with Crippen molar-refractivity contribution in [3.05, 3.63) is 30.1 Å². The molecule has 1 aromatic carbocycles. The van der Waals surface area contributed by atoms with Crippen molar-refractivity contribution >= 4 is 5.69 Å². The Labute approximate surface area is 113 Å². The summed E-state index contributed by atoms with van der Waals surface area (Å²) in [6.45, 7) is 0.0577. The summed E-state index contributed by atoms with van der Waals surface area (Å²) < 4.78 is 13.8. The molecule has 104 valence electrons. The number of aliphatic hydroxyl groups excluding tert-OH is 1. The van der Waals surface area contributed by atoms with E-state index in [0.29, 0.717) is 17.8 Å². The van der Waals surface area contributed by atoms with Crippen LogP contribution < -0.4 is 5.32 Å². The summed E-state index contributed by atoms with van der Waals surface area (Å²) in [6, 6.07) is 7.71. The van der Waals surface area contributed by atoms with Gasteiger partial charge in [-0.2, -0.15) is 0 Å². The number of anilines is 1. The number of nitrogens with zero attached hydrogens (tertiary/aromatic N) is 1. The lowest BCUT2D eigenvalue weighted by molar-refractivity contribution is 0.0831. The van der Waals surface area contributed by atoms with Gasteiger partial charge >= 0.3 is 0 Å². The molecule has 2 heterocycles. The summed E-state index contributed by atoms with van der Waals surface area (Å²) in [5, 5.41) is 13.1. The molecule has 0 aromatic heterocycles. The fraction of sp³-hybridized carbons (Fsp3) is 0.600. The Morgan fingerprint density at radius 1 is 1.32 bits per heavy atom. The van der Waals surface area contributed by atoms with Crippen molar-refractivity contribution < 1.29 is 9.50 Å². The van der Waals surface area contributed by atoms with Crippen LogP contribution in [0.15, 0.2) is 24.3 Å². The molecule has 2 aliphatic heterocycles. The van der Waals surface area contributed by atoms with Crippen molar-refractivity contribution in [1.29, 1.82) is 0 Å². The van der Waals surface area contributed by atoms with E-state index in [1.54, 1.807) is 12.1 Å². The maximum absolute atomic E-state index is 13.8. The van der Waals surface area contributed by atoms with Crippen LogP contribution >= 0.6 is 0 Å². The molecule has 0 amide bonds. The zero-order valence-corrected chi connectivity index (χ0v) is 11.3. The normalized spacial score (nSPS) is 34.5. The maximum Gasteiger partial charge on any atom is 0.146 e. The Bertz CT molecular complexity index is 451. The molecule has 0 spiro atoms. The van der Waals surface area contributed by atoms with E-state index in [0.717, 1.165) is 12.8 Å². The molecule has 4 heteroatoms. The first-order valence-electron chi connectivity index (χ1n) is 6.99. The largest absolute Gasteiger partial charge is 0.394 e. The third-order valence-electron chi connectivity index (χ3n) is 4.81. The summed E-state index contributed by atoms with van der Waals surface area (Å²) in [6.07, 6.45) is 4.12. The van der Waals surface area contributed by atoms with E-state index >= 15 is 0 Å². The van der Waals surface area contributed by atoms with Gasteiger partial charge in [-0.1, -0.05) is 12.1 Å². The quantitative estimate of drug-likeness (QED) is 0.878. The first kappa shape index (κ1) is 12.9. The number of halogens is 1. The maximum atomic E-state index is 13.8. The Kier molecular flexibility index (Phi) is 3.23. The number of piperidine rings is 1. The van der Waals surface area contributed by atoms with Crippen molar-refractivity contribution in [1.82, 2.24) is 4.90 Å². The molecule has 3 nitrogen and oxygen atoms in total. The van der Waals surface area contributed by atoms with Crippen LogP contribution in [0.5, 0.6) is 0 Å². The van der Waals surface area contributed by atoms with Crippen molar-refractivity contribution in [2.24, 2.45) is 0 Å². The van der Waals surface area contributed by atoms with E-state index in [-0.39, 0.29) is 18.0 Å². The van der Waals surface area contributed by atoms with Crippen molar-refractivity contribution in [3.63, 3.8) is 0 Å². The first-order valence-corrected chi connectivity index (χ1v) is 6.99. The average molecular weight is 264 g/mol. The van der Waals surface area contributed by atoms with Gasteiger partial charge in [0.05, 0.1) is 17.8 Å². The molecule has 2 atom stereocenters. The minimum Gasteiger partial charge on any atom is -0.394 e. The van der Waals surface area contributed by atoms with Crippen LogP contribution in [0.2, 0.25) is 0 Å². The van der Waals surface area contributed by atoms with Gasteiger partial charge in [-0.3, -0.25) is 0 Å². The molecule has 2 bridgehead atoms. The minimum absolute atomic E-state index is 0.0577. The fourth-order valence-corrected chi connectivity index (χ4v) is 3.69. The lowest BCUT2D eigenvalue weighted by Gasteiger charge is -2.45. The van der Waals surface area contributed by atoms with Crippen LogP contribution in [0.3, 0.4) is 0 Å². The van der Waals surface area contributed by atoms with Gasteiger partial charge in [-0.25, -0.2) is 4.39 Å².